The highest BCUT2D eigenvalue weighted by Crippen LogP contribution is 2.34. The number of carbonyl (C=O) groups excluding carboxylic acids is 1. The van der Waals surface area contributed by atoms with E-state index in [1.165, 1.54) is 12.8 Å². The molecule has 0 fully saturated rings. The highest BCUT2D eigenvalue weighted by molar-refractivity contribution is 5.80. The quantitative estimate of drug-likeness (QED) is 0.499. The lowest BCUT2D eigenvalue weighted by Crippen LogP contribution is -2.26. The Bertz CT molecular complexity index is 303. The summed E-state index contributed by atoms with van der Waals surface area (Å²) in [6, 6.07) is 0. The SMILES string of the molecule is CCC(=O)C(CCC(C)CC(C)(C)C)C(C)CC(C)(C)C. The van der Waals surface area contributed by atoms with Crippen molar-refractivity contribution in [2.45, 2.75) is 94.4 Å². The average Bonchev–Trinajstić information content (AvgIpc) is 2.23. The predicted octanol–water partition coefficient (Wildman–Crippen LogP) is 6.51. The molecule has 0 amide bonds. The molecule has 3 unspecified atom stereocenters. The number of rotatable bonds is 8. The van der Waals surface area contributed by atoms with E-state index in [9.17, 15) is 4.79 Å². The summed E-state index contributed by atoms with van der Waals surface area (Å²) in [7, 11) is 0. The third-order valence-corrected chi connectivity index (χ3v) is 4.31. The molecule has 1 nitrogen and oxygen atoms in total. The Labute approximate surface area is 134 Å². The molecule has 0 aliphatic carbocycles. The summed E-state index contributed by atoms with van der Waals surface area (Å²) in [5.74, 6) is 1.93. The number of Topliss-reactive ketones (excluding diaryl/α,β-unsaturated/α-hetero) is 1. The van der Waals surface area contributed by atoms with E-state index in [-0.39, 0.29) is 5.92 Å². The Morgan fingerprint density at radius 2 is 1.33 bits per heavy atom. The zero-order valence-electron chi connectivity index (χ0n) is 16.2. The van der Waals surface area contributed by atoms with Gasteiger partial charge in [0, 0.05) is 12.3 Å². The highest BCUT2D eigenvalue weighted by atomic mass is 16.1. The second kappa shape index (κ2) is 8.34. The second-order valence-corrected chi connectivity index (χ2v) is 9.62. The fourth-order valence-corrected chi connectivity index (χ4v) is 3.74. The van der Waals surface area contributed by atoms with Crippen LogP contribution in [-0.2, 0) is 4.79 Å². The van der Waals surface area contributed by atoms with Gasteiger partial charge in [0.05, 0.1) is 0 Å². The molecule has 0 aromatic heterocycles. The minimum Gasteiger partial charge on any atom is -0.299 e. The summed E-state index contributed by atoms with van der Waals surface area (Å²) >= 11 is 0. The normalized spacial score (nSPS) is 17.4. The fourth-order valence-electron chi connectivity index (χ4n) is 3.74. The zero-order chi connectivity index (χ0) is 16.8. The lowest BCUT2D eigenvalue weighted by Gasteiger charge is -2.30. The van der Waals surface area contributed by atoms with E-state index in [4.69, 9.17) is 0 Å². The number of hydrogen-bond donors (Lipinski definition) is 0. The van der Waals surface area contributed by atoms with Crippen molar-refractivity contribution in [1.29, 1.82) is 0 Å². The molecule has 21 heavy (non-hydrogen) atoms. The summed E-state index contributed by atoms with van der Waals surface area (Å²) in [4.78, 5) is 12.3. The molecule has 0 radical (unpaired) electrons. The predicted molar refractivity (Wildman–Crippen MR) is 94.5 cm³/mol. The molecule has 126 valence electrons. The smallest absolute Gasteiger partial charge is 0.135 e. The Morgan fingerprint density at radius 1 is 0.857 bits per heavy atom. The molecule has 0 aromatic carbocycles. The number of carbonyl (C=O) groups is 1. The van der Waals surface area contributed by atoms with Crippen molar-refractivity contribution in [3.8, 4) is 0 Å². The van der Waals surface area contributed by atoms with E-state index in [0.717, 1.165) is 12.8 Å². The largest absolute Gasteiger partial charge is 0.299 e. The highest BCUT2D eigenvalue weighted by Gasteiger charge is 2.28. The lowest BCUT2D eigenvalue weighted by atomic mass is 9.74. The molecule has 0 heterocycles. The van der Waals surface area contributed by atoms with Crippen LogP contribution in [0.1, 0.15) is 94.4 Å². The summed E-state index contributed by atoms with van der Waals surface area (Å²) in [5, 5.41) is 0. The Kier molecular flexibility index (Phi) is 8.21. The molecular formula is C20H40O. The maximum absolute atomic E-state index is 12.3. The van der Waals surface area contributed by atoms with Gasteiger partial charge in [-0.2, -0.15) is 0 Å². The monoisotopic (exact) mass is 296 g/mol. The first kappa shape index (κ1) is 20.7. The Morgan fingerprint density at radius 3 is 1.71 bits per heavy atom. The first-order valence-corrected chi connectivity index (χ1v) is 8.88. The second-order valence-electron chi connectivity index (χ2n) is 9.62. The van der Waals surface area contributed by atoms with Gasteiger partial charge in [0.1, 0.15) is 5.78 Å². The van der Waals surface area contributed by atoms with Gasteiger partial charge in [-0.25, -0.2) is 0 Å². The van der Waals surface area contributed by atoms with Crippen molar-refractivity contribution in [1.82, 2.24) is 0 Å². The van der Waals surface area contributed by atoms with Crippen LogP contribution < -0.4 is 0 Å². The molecular weight excluding hydrogens is 256 g/mol. The molecule has 1 heteroatoms. The van der Waals surface area contributed by atoms with Crippen molar-refractivity contribution in [2.24, 2.45) is 28.6 Å². The topological polar surface area (TPSA) is 17.1 Å². The summed E-state index contributed by atoms with van der Waals surface area (Å²) in [5.41, 5.74) is 0.698. The molecule has 0 rings (SSSR count). The zero-order valence-corrected chi connectivity index (χ0v) is 16.2. The van der Waals surface area contributed by atoms with Crippen LogP contribution in [0.15, 0.2) is 0 Å². The minimum absolute atomic E-state index is 0.261. The Hall–Kier alpha value is -0.330. The van der Waals surface area contributed by atoms with Crippen molar-refractivity contribution in [3.05, 3.63) is 0 Å². The van der Waals surface area contributed by atoms with Crippen LogP contribution in [0.2, 0.25) is 0 Å². The van der Waals surface area contributed by atoms with Gasteiger partial charge in [-0.1, -0.05) is 62.3 Å². The lowest BCUT2D eigenvalue weighted by molar-refractivity contribution is -0.124. The van der Waals surface area contributed by atoms with Gasteiger partial charge in [0.15, 0.2) is 0 Å². The van der Waals surface area contributed by atoms with Crippen molar-refractivity contribution in [2.75, 3.05) is 0 Å². The van der Waals surface area contributed by atoms with Crippen molar-refractivity contribution in [3.63, 3.8) is 0 Å². The van der Waals surface area contributed by atoms with Gasteiger partial charge in [-0.3, -0.25) is 4.79 Å². The van der Waals surface area contributed by atoms with Gasteiger partial charge in [0.2, 0.25) is 0 Å². The van der Waals surface area contributed by atoms with Gasteiger partial charge in [0.25, 0.3) is 0 Å². The first-order valence-electron chi connectivity index (χ1n) is 8.88. The van der Waals surface area contributed by atoms with E-state index in [0.29, 0.717) is 34.9 Å². The molecule has 0 aromatic rings. The molecule has 0 bridgehead atoms. The van der Waals surface area contributed by atoms with Crippen molar-refractivity contribution >= 4 is 5.78 Å². The van der Waals surface area contributed by atoms with E-state index in [1.54, 1.807) is 0 Å². The number of ketones is 1. The third-order valence-electron chi connectivity index (χ3n) is 4.31. The maximum atomic E-state index is 12.3. The van der Waals surface area contributed by atoms with E-state index >= 15 is 0 Å². The number of hydrogen-bond acceptors (Lipinski definition) is 1. The summed E-state index contributed by atoms with van der Waals surface area (Å²) < 4.78 is 0. The van der Waals surface area contributed by atoms with Crippen LogP contribution >= 0.6 is 0 Å². The summed E-state index contributed by atoms with van der Waals surface area (Å²) in [6.07, 6.45) is 5.32. The fraction of sp³-hybridized carbons (Fsp3) is 0.950. The van der Waals surface area contributed by atoms with Crippen LogP contribution in [0.5, 0.6) is 0 Å². The first-order chi connectivity index (χ1) is 9.35. The van der Waals surface area contributed by atoms with E-state index in [2.05, 4.69) is 55.4 Å². The van der Waals surface area contributed by atoms with E-state index < -0.39 is 0 Å². The Balaban J connectivity index is 4.61. The van der Waals surface area contributed by atoms with Crippen LogP contribution in [0.4, 0.5) is 0 Å². The molecule has 0 aliphatic rings. The third kappa shape index (κ3) is 10.1. The molecule has 0 aliphatic heterocycles. The van der Waals surface area contributed by atoms with Gasteiger partial charge in [-0.05, 0) is 48.3 Å². The van der Waals surface area contributed by atoms with Crippen LogP contribution in [0.25, 0.3) is 0 Å². The summed E-state index contributed by atoms with van der Waals surface area (Å²) in [6.45, 7) is 20.4. The van der Waals surface area contributed by atoms with Gasteiger partial charge < -0.3 is 0 Å². The molecule has 3 atom stereocenters. The maximum Gasteiger partial charge on any atom is 0.135 e. The molecule has 0 N–H and O–H groups in total. The molecule has 0 saturated heterocycles. The van der Waals surface area contributed by atoms with Crippen LogP contribution in [-0.4, -0.2) is 5.78 Å². The van der Waals surface area contributed by atoms with Gasteiger partial charge >= 0.3 is 0 Å². The minimum atomic E-state index is 0.261. The van der Waals surface area contributed by atoms with Crippen LogP contribution in [0.3, 0.4) is 0 Å². The standard InChI is InChI=1S/C20H40O/c1-10-18(21)17(16(3)14-20(7,8)9)12-11-15(2)13-19(4,5)6/h15-17H,10-14H2,1-9H3. The van der Waals surface area contributed by atoms with E-state index in [1.807, 2.05) is 6.92 Å². The van der Waals surface area contributed by atoms with Crippen molar-refractivity contribution < 1.29 is 4.79 Å². The average molecular weight is 297 g/mol. The molecule has 0 spiro atoms. The van der Waals surface area contributed by atoms with Gasteiger partial charge in [-0.15, -0.1) is 0 Å². The van der Waals surface area contributed by atoms with Crippen LogP contribution in [0, 0.1) is 28.6 Å². The molecule has 0 saturated carbocycles.